The zero-order chi connectivity index (χ0) is 36.9. The Morgan fingerprint density at radius 3 is 2.25 bits per heavy atom. The number of hydrogen-bond acceptors (Lipinski definition) is 8. The van der Waals surface area contributed by atoms with Gasteiger partial charge in [0, 0.05) is 91.7 Å². The SMILES string of the molecule is CC(=O)c1ccc(N2CCN(CCC3CCN(c4ncc(-c5ccc(-c6cnccc6C(C)C)c(C)c5)cc4C#N)CC3)CC2)cc1C(=O)C(C)C. The molecule has 2 aromatic heterocycles. The van der Waals surface area contributed by atoms with Crippen molar-refractivity contribution in [3.63, 3.8) is 0 Å². The number of pyridine rings is 2. The number of Topliss-reactive ketones (excluding diaryl/α,β-unsaturated/α-hetero) is 2. The monoisotopic (exact) mass is 696 g/mol. The van der Waals surface area contributed by atoms with Crippen LogP contribution in [0.5, 0.6) is 0 Å². The van der Waals surface area contributed by atoms with Gasteiger partial charge in [0.25, 0.3) is 0 Å². The molecule has 52 heavy (non-hydrogen) atoms. The van der Waals surface area contributed by atoms with Gasteiger partial charge in [0.05, 0.1) is 5.56 Å². The van der Waals surface area contributed by atoms with E-state index in [-0.39, 0.29) is 17.5 Å². The molecule has 8 heteroatoms. The van der Waals surface area contributed by atoms with E-state index >= 15 is 0 Å². The second-order valence-electron chi connectivity index (χ2n) is 15.2. The van der Waals surface area contributed by atoms with Gasteiger partial charge in [-0.15, -0.1) is 0 Å². The highest BCUT2D eigenvalue weighted by Gasteiger charge is 2.25. The van der Waals surface area contributed by atoms with Gasteiger partial charge in [-0.05, 0) is 104 Å². The largest absolute Gasteiger partial charge is 0.369 e. The molecule has 0 bridgehead atoms. The number of aromatic nitrogens is 2. The molecular formula is C44H52N6O2. The number of nitriles is 1. The van der Waals surface area contributed by atoms with Gasteiger partial charge in [-0.3, -0.25) is 19.5 Å². The molecule has 0 amide bonds. The molecule has 0 saturated carbocycles. The van der Waals surface area contributed by atoms with Crippen LogP contribution in [0.15, 0.2) is 67.1 Å². The molecule has 0 aliphatic carbocycles. The zero-order valence-electron chi connectivity index (χ0n) is 31.7. The van der Waals surface area contributed by atoms with E-state index in [4.69, 9.17) is 4.98 Å². The van der Waals surface area contributed by atoms with Crippen LogP contribution < -0.4 is 9.80 Å². The molecule has 0 unspecified atom stereocenters. The number of hydrogen-bond donors (Lipinski definition) is 0. The number of ketones is 2. The molecule has 8 nitrogen and oxygen atoms in total. The summed E-state index contributed by atoms with van der Waals surface area (Å²) >= 11 is 0. The minimum Gasteiger partial charge on any atom is -0.369 e. The number of carbonyl (C=O) groups excluding carboxylic acids is 2. The zero-order valence-corrected chi connectivity index (χ0v) is 31.7. The number of aryl methyl sites for hydroxylation is 1. The van der Waals surface area contributed by atoms with Gasteiger partial charge in [-0.1, -0.05) is 45.9 Å². The van der Waals surface area contributed by atoms with E-state index < -0.39 is 0 Å². The lowest BCUT2D eigenvalue weighted by atomic mass is 9.90. The molecule has 2 fully saturated rings. The Morgan fingerprint density at radius 2 is 1.60 bits per heavy atom. The predicted octanol–water partition coefficient (Wildman–Crippen LogP) is 8.58. The normalized spacial score (nSPS) is 15.7. The molecule has 0 radical (unpaired) electrons. The third kappa shape index (κ3) is 8.11. The van der Waals surface area contributed by atoms with E-state index in [0.29, 0.717) is 28.5 Å². The fourth-order valence-electron chi connectivity index (χ4n) is 7.81. The van der Waals surface area contributed by atoms with E-state index in [1.54, 1.807) is 0 Å². The summed E-state index contributed by atoms with van der Waals surface area (Å²) in [6.07, 6.45) is 9.09. The molecule has 2 aliphatic heterocycles. The summed E-state index contributed by atoms with van der Waals surface area (Å²) in [4.78, 5) is 41.5. The van der Waals surface area contributed by atoms with E-state index in [1.807, 2.05) is 56.7 Å². The average molecular weight is 697 g/mol. The molecule has 270 valence electrons. The number of nitrogens with zero attached hydrogens (tertiary/aromatic N) is 6. The summed E-state index contributed by atoms with van der Waals surface area (Å²) in [6.45, 7) is 18.5. The Morgan fingerprint density at radius 1 is 0.846 bits per heavy atom. The lowest BCUT2D eigenvalue weighted by Gasteiger charge is -2.38. The Labute approximate surface area is 309 Å². The maximum absolute atomic E-state index is 12.9. The standard InChI is InChI=1S/C44H52N6O2/c1-29(2)38-11-15-46-28-42(38)39-9-7-34(23-31(39)5)36-24-35(26-45)44(47-27-36)50-17-13-33(14-18-50)12-16-48-19-21-49(22-20-48)37-8-10-40(32(6)51)41(25-37)43(52)30(3)4/h7-11,15,23-25,27-30,33H,12-14,16-22H2,1-6H3. The van der Waals surface area contributed by atoms with Crippen molar-refractivity contribution in [2.75, 3.05) is 55.6 Å². The lowest BCUT2D eigenvalue weighted by molar-refractivity contribution is 0.0927. The van der Waals surface area contributed by atoms with Gasteiger partial charge in [-0.2, -0.15) is 5.26 Å². The first-order chi connectivity index (χ1) is 25.0. The van der Waals surface area contributed by atoms with Gasteiger partial charge >= 0.3 is 0 Å². The molecule has 0 spiro atoms. The number of anilines is 2. The summed E-state index contributed by atoms with van der Waals surface area (Å²) in [5.41, 5.74) is 9.54. The summed E-state index contributed by atoms with van der Waals surface area (Å²) in [6, 6.07) is 18.7. The Hall–Kier alpha value is -4.87. The van der Waals surface area contributed by atoms with Gasteiger partial charge in [0.15, 0.2) is 11.6 Å². The van der Waals surface area contributed by atoms with E-state index in [1.165, 1.54) is 35.6 Å². The van der Waals surface area contributed by atoms with Crippen molar-refractivity contribution in [2.45, 2.75) is 66.7 Å². The van der Waals surface area contributed by atoms with Crippen molar-refractivity contribution in [2.24, 2.45) is 11.8 Å². The van der Waals surface area contributed by atoms with E-state index in [0.717, 1.165) is 81.3 Å². The van der Waals surface area contributed by atoms with E-state index in [2.05, 4.69) is 70.8 Å². The van der Waals surface area contributed by atoms with Crippen LogP contribution in [-0.2, 0) is 0 Å². The maximum atomic E-state index is 12.9. The molecule has 4 heterocycles. The first-order valence-electron chi connectivity index (χ1n) is 18.9. The highest BCUT2D eigenvalue weighted by molar-refractivity contribution is 6.09. The van der Waals surface area contributed by atoms with Crippen LogP contribution in [0.3, 0.4) is 0 Å². The van der Waals surface area contributed by atoms with Crippen molar-refractivity contribution < 1.29 is 9.59 Å². The van der Waals surface area contributed by atoms with Crippen LogP contribution >= 0.6 is 0 Å². The summed E-state index contributed by atoms with van der Waals surface area (Å²) in [5.74, 6) is 1.65. The van der Waals surface area contributed by atoms with Crippen LogP contribution in [0.2, 0.25) is 0 Å². The smallest absolute Gasteiger partial charge is 0.166 e. The molecule has 2 aromatic carbocycles. The lowest BCUT2D eigenvalue weighted by Crippen LogP contribution is -2.47. The fraction of sp³-hybridized carbons (Fsp3) is 0.432. The fourth-order valence-corrected chi connectivity index (χ4v) is 7.81. The minimum atomic E-state index is -0.155. The van der Waals surface area contributed by atoms with E-state index in [9.17, 15) is 14.9 Å². The average Bonchev–Trinajstić information content (AvgIpc) is 3.16. The predicted molar refractivity (Wildman–Crippen MR) is 210 cm³/mol. The minimum absolute atomic E-state index is 0.0202. The third-order valence-corrected chi connectivity index (χ3v) is 11.0. The molecule has 4 aromatic rings. The van der Waals surface area contributed by atoms with Crippen molar-refractivity contribution in [1.82, 2.24) is 14.9 Å². The van der Waals surface area contributed by atoms with Gasteiger partial charge in [-0.25, -0.2) is 4.98 Å². The van der Waals surface area contributed by atoms with Gasteiger partial charge < -0.3 is 9.80 Å². The van der Waals surface area contributed by atoms with Crippen LogP contribution in [0, 0.1) is 30.1 Å². The summed E-state index contributed by atoms with van der Waals surface area (Å²) in [5, 5.41) is 10.2. The quantitative estimate of drug-likeness (QED) is 0.144. The topological polar surface area (TPSA) is 93.4 Å². The first-order valence-corrected chi connectivity index (χ1v) is 18.9. The number of piperazine rings is 1. The number of benzene rings is 2. The van der Waals surface area contributed by atoms with Crippen molar-refractivity contribution in [3.8, 4) is 28.3 Å². The van der Waals surface area contributed by atoms with Gasteiger partial charge in [0.1, 0.15) is 11.9 Å². The van der Waals surface area contributed by atoms with Crippen LogP contribution in [-0.4, -0.2) is 72.2 Å². The number of rotatable bonds is 11. The highest BCUT2D eigenvalue weighted by atomic mass is 16.1. The van der Waals surface area contributed by atoms with Crippen molar-refractivity contribution in [3.05, 3.63) is 94.9 Å². The van der Waals surface area contributed by atoms with Crippen LogP contribution in [0.4, 0.5) is 11.5 Å². The molecule has 0 N–H and O–H groups in total. The Bertz CT molecular complexity index is 1960. The molecular weight excluding hydrogens is 645 g/mol. The number of piperidine rings is 1. The third-order valence-electron chi connectivity index (χ3n) is 11.0. The van der Waals surface area contributed by atoms with Crippen LogP contribution in [0.25, 0.3) is 22.3 Å². The summed E-state index contributed by atoms with van der Waals surface area (Å²) in [7, 11) is 0. The highest BCUT2D eigenvalue weighted by Crippen LogP contribution is 2.35. The molecule has 6 rings (SSSR count). The Kier molecular flexibility index (Phi) is 11.5. The van der Waals surface area contributed by atoms with Crippen molar-refractivity contribution in [1.29, 1.82) is 5.26 Å². The maximum Gasteiger partial charge on any atom is 0.166 e. The van der Waals surface area contributed by atoms with Crippen LogP contribution in [0.1, 0.15) is 97.2 Å². The Balaban J connectivity index is 1.02. The van der Waals surface area contributed by atoms with Crippen molar-refractivity contribution >= 4 is 23.1 Å². The number of carbonyl (C=O) groups is 2. The first kappa shape index (κ1) is 36.9. The molecule has 0 atom stereocenters. The second kappa shape index (κ2) is 16.2. The molecule has 2 saturated heterocycles. The molecule has 2 aliphatic rings. The van der Waals surface area contributed by atoms with Gasteiger partial charge in [0.2, 0.25) is 0 Å². The second-order valence-corrected chi connectivity index (χ2v) is 15.2. The summed E-state index contributed by atoms with van der Waals surface area (Å²) < 4.78 is 0.